The summed E-state index contributed by atoms with van der Waals surface area (Å²) in [5.41, 5.74) is 3.55. The molecule has 1 aromatic carbocycles. The molecule has 4 rings (SSSR count). The molecule has 3 heterocycles. The largest absolute Gasteiger partial charge is 0.468 e. The Labute approximate surface area is 156 Å². The molecule has 7 nitrogen and oxygen atoms in total. The first-order chi connectivity index (χ1) is 13.1. The molecule has 0 unspecified atom stereocenters. The Hall–Kier alpha value is -3.48. The first-order valence-corrected chi connectivity index (χ1v) is 8.72. The van der Waals surface area contributed by atoms with Crippen LogP contribution < -0.4 is 10.1 Å². The summed E-state index contributed by atoms with van der Waals surface area (Å²) in [6.07, 6.45) is 3.63. The summed E-state index contributed by atoms with van der Waals surface area (Å²) in [6.45, 7) is 3.74. The number of nitrogens with one attached hydrogen (secondary N) is 1. The highest BCUT2D eigenvalue weighted by Crippen LogP contribution is 2.21. The zero-order valence-electron chi connectivity index (χ0n) is 15.1. The topological polar surface area (TPSA) is 81.4 Å². The van der Waals surface area contributed by atoms with E-state index >= 15 is 0 Å². The van der Waals surface area contributed by atoms with Gasteiger partial charge in [-0.15, -0.1) is 0 Å². The van der Waals surface area contributed by atoms with Crippen molar-refractivity contribution < 1.29 is 9.53 Å². The summed E-state index contributed by atoms with van der Waals surface area (Å²) >= 11 is 0. The zero-order chi connectivity index (χ0) is 18.8. The normalized spacial score (nSPS) is 11.2. The molecular formula is C20H19N5O2. The molecule has 1 N–H and O–H groups in total. The van der Waals surface area contributed by atoms with Crippen molar-refractivity contribution in [2.75, 3.05) is 6.61 Å². The molecule has 0 saturated heterocycles. The highest BCUT2D eigenvalue weighted by Gasteiger charge is 2.09. The van der Waals surface area contributed by atoms with Crippen LogP contribution in [-0.4, -0.2) is 37.9 Å². The van der Waals surface area contributed by atoms with Gasteiger partial charge in [-0.2, -0.15) is 0 Å². The second-order valence-corrected chi connectivity index (χ2v) is 6.48. The molecule has 136 valence electrons. The number of ether oxygens (including phenoxy) is 1. The smallest absolute Gasteiger partial charge is 0.258 e. The molecule has 0 aliphatic carbocycles. The maximum absolute atomic E-state index is 11.6. The van der Waals surface area contributed by atoms with Crippen LogP contribution in [0.5, 0.6) is 5.88 Å². The predicted molar refractivity (Wildman–Crippen MR) is 102 cm³/mol. The number of imidazole rings is 1. The van der Waals surface area contributed by atoms with Gasteiger partial charge in [-0.25, -0.2) is 15.0 Å². The van der Waals surface area contributed by atoms with Gasteiger partial charge in [0, 0.05) is 30.1 Å². The first kappa shape index (κ1) is 17.0. The van der Waals surface area contributed by atoms with Crippen molar-refractivity contribution in [2.24, 2.45) is 0 Å². The average Bonchev–Trinajstić information content (AvgIpc) is 3.04. The van der Waals surface area contributed by atoms with Gasteiger partial charge >= 0.3 is 0 Å². The van der Waals surface area contributed by atoms with Crippen LogP contribution in [0, 0.1) is 0 Å². The molecule has 3 aromatic heterocycles. The minimum Gasteiger partial charge on any atom is -0.468 e. The minimum atomic E-state index is -0.172. The van der Waals surface area contributed by atoms with Crippen LogP contribution in [0.15, 0.2) is 54.9 Å². The van der Waals surface area contributed by atoms with E-state index in [1.54, 1.807) is 12.3 Å². The molecule has 7 heteroatoms. The third-order valence-electron chi connectivity index (χ3n) is 4.01. The van der Waals surface area contributed by atoms with Gasteiger partial charge in [-0.1, -0.05) is 12.1 Å². The summed E-state index contributed by atoms with van der Waals surface area (Å²) in [5, 5.41) is 2.77. The Morgan fingerprint density at radius 2 is 2.00 bits per heavy atom. The summed E-state index contributed by atoms with van der Waals surface area (Å²) < 4.78 is 7.37. The molecule has 0 bridgehead atoms. The summed E-state index contributed by atoms with van der Waals surface area (Å²) in [6, 6.07) is 13.5. The third kappa shape index (κ3) is 3.57. The SMILES string of the molecule is CC(C)NC(=O)COc1ccc(-c2ccn3c(n2)nc2ccccc23)cn1. The van der Waals surface area contributed by atoms with Gasteiger partial charge in [-0.3, -0.25) is 9.20 Å². The Morgan fingerprint density at radius 3 is 2.78 bits per heavy atom. The van der Waals surface area contributed by atoms with Gasteiger partial charge in [0.25, 0.3) is 5.91 Å². The first-order valence-electron chi connectivity index (χ1n) is 8.72. The molecule has 0 aliphatic heterocycles. The molecule has 0 saturated carbocycles. The quantitative estimate of drug-likeness (QED) is 0.591. The second kappa shape index (κ2) is 7.03. The van der Waals surface area contributed by atoms with Crippen LogP contribution >= 0.6 is 0 Å². The van der Waals surface area contributed by atoms with Gasteiger partial charge in [0.15, 0.2) is 6.61 Å². The number of pyridine rings is 1. The van der Waals surface area contributed by atoms with E-state index in [1.165, 1.54) is 0 Å². The fraction of sp³-hybridized carbons (Fsp3) is 0.200. The fourth-order valence-corrected chi connectivity index (χ4v) is 2.83. The van der Waals surface area contributed by atoms with Crippen LogP contribution in [0.1, 0.15) is 13.8 Å². The van der Waals surface area contributed by atoms with Crippen LogP contribution in [0.25, 0.3) is 28.1 Å². The molecule has 0 atom stereocenters. The molecule has 1 amide bonds. The maximum atomic E-state index is 11.6. The zero-order valence-corrected chi connectivity index (χ0v) is 15.1. The fourth-order valence-electron chi connectivity index (χ4n) is 2.83. The predicted octanol–water partition coefficient (Wildman–Crippen LogP) is 2.85. The van der Waals surface area contributed by atoms with Crippen molar-refractivity contribution in [3.05, 3.63) is 54.9 Å². The molecular weight excluding hydrogens is 342 g/mol. The number of hydrogen-bond acceptors (Lipinski definition) is 5. The van der Waals surface area contributed by atoms with Crippen LogP contribution in [-0.2, 0) is 4.79 Å². The standard InChI is InChI=1S/C20H19N5O2/c1-13(2)22-18(26)12-27-19-8-7-14(11-21-19)15-9-10-25-17-6-4-3-5-16(17)24-20(25)23-15/h3-11,13H,12H2,1-2H3,(H,22,26). The molecule has 27 heavy (non-hydrogen) atoms. The molecule has 0 aliphatic rings. The lowest BCUT2D eigenvalue weighted by atomic mass is 10.2. The average molecular weight is 361 g/mol. The molecule has 4 aromatic rings. The number of aromatic nitrogens is 4. The molecule has 0 spiro atoms. The van der Waals surface area contributed by atoms with E-state index in [2.05, 4.69) is 20.3 Å². The van der Waals surface area contributed by atoms with Gasteiger partial charge in [-0.05, 0) is 38.1 Å². The number of amides is 1. The van der Waals surface area contributed by atoms with E-state index < -0.39 is 0 Å². The lowest BCUT2D eigenvalue weighted by Gasteiger charge is -2.09. The summed E-state index contributed by atoms with van der Waals surface area (Å²) in [5.74, 6) is 0.860. The second-order valence-electron chi connectivity index (χ2n) is 6.48. The van der Waals surface area contributed by atoms with E-state index in [9.17, 15) is 4.79 Å². The minimum absolute atomic E-state index is 0.0601. The molecule has 0 radical (unpaired) electrons. The lowest BCUT2D eigenvalue weighted by molar-refractivity contribution is -0.123. The number of nitrogens with zero attached hydrogens (tertiary/aromatic N) is 4. The van der Waals surface area contributed by atoms with Gasteiger partial charge in [0.1, 0.15) is 0 Å². The van der Waals surface area contributed by atoms with Crippen molar-refractivity contribution in [2.45, 2.75) is 19.9 Å². The highest BCUT2D eigenvalue weighted by atomic mass is 16.5. The number of carbonyl (C=O) groups excluding carboxylic acids is 1. The lowest BCUT2D eigenvalue weighted by Crippen LogP contribution is -2.34. The van der Waals surface area contributed by atoms with Gasteiger partial charge < -0.3 is 10.1 Å². The third-order valence-corrected chi connectivity index (χ3v) is 4.01. The van der Waals surface area contributed by atoms with Crippen molar-refractivity contribution in [3.63, 3.8) is 0 Å². The van der Waals surface area contributed by atoms with Gasteiger partial charge in [0.2, 0.25) is 11.7 Å². The van der Waals surface area contributed by atoms with E-state index in [1.807, 2.05) is 60.8 Å². The number of hydrogen-bond donors (Lipinski definition) is 1. The Morgan fingerprint density at radius 1 is 1.15 bits per heavy atom. The van der Waals surface area contributed by atoms with Crippen molar-refractivity contribution in [1.29, 1.82) is 0 Å². The Kier molecular flexibility index (Phi) is 4.42. The monoisotopic (exact) mass is 361 g/mol. The van der Waals surface area contributed by atoms with Crippen LogP contribution in [0.3, 0.4) is 0 Å². The van der Waals surface area contributed by atoms with Gasteiger partial charge in [0.05, 0.1) is 16.7 Å². The van der Waals surface area contributed by atoms with E-state index in [0.717, 1.165) is 22.3 Å². The summed E-state index contributed by atoms with van der Waals surface area (Å²) in [7, 11) is 0. The Bertz CT molecular complexity index is 1100. The van der Waals surface area contributed by atoms with Crippen molar-refractivity contribution in [1.82, 2.24) is 24.7 Å². The van der Waals surface area contributed by atoms with Crippen LogP contribution in [0.2, 0.25) is 0 Å². The van der Waals surface area contributed by atoms with Crippen molar-refractivity contribution >= 4 is 22.7 Å². The number of fused-ring (bicyclic) bond motifs is 3. The number of carbonyl (C=O) groups is 1. The molecule has 0 fully saturated rings. The maximum Gasteiger partial charge on any atom is 0.258 e. The van der Waals surface area contributed by atoms with Crippen LogP contribution in [0.4, 0.5) is 0 Å². The van der Waals surface area contributed by atoms with E-state index in [-0.39, 0.29) is 18.6 Å². The number of para-hydroxylation sites is 2. The summed E-state index contributed by atoms with van der Waals surface area (Å²) in [4.78, 5) is 25.1. The van der Waals surface area contributed by atoms with E-state index in [0.29, 0.717) is 11.7 Å². The van der Waals surface area contributed by atoms with E-state index in [4.69, 9.17) is 4.74 Å². The number of rotatable bonds is 5. The highest BCUT2D eigenvalue weighted by molar-refractivity contribution is 5.80. The number of benzene rings is 1. The van der Waals surface area contributed by atoms with Crippen molar-refractivity contribution in [3.8, 4) is 17.1 Å². The Balaban J connectivity index is 1.53.